The van der Waals surface area contributed by atoms with Crippen molar-refractivity contribution in [3.63, 3.8) is 0 Å². The second-order valence-corrected chi connectivity index (χ2v) is 4.50. The number of nitrogens with one attached hydrogen (secondary N) is 2. The highest BCUT2D eigenvalue weighted by molar-refractivity contribution is 5.85. The van der Waals surface area contributed by atoms with Crippen LogP contribution in [0, 0.1) is 0 Å². The molecule has 2 N–H and O–H groups in total. The van der Waals surface area contributed by atoms with Gasteiger partial charge in [-0.3, -0.25) is 10.1 Å². The third kappa shape index (κ3) is 4.45. The summed E-state index contributed by atoms with van der Waals surface area (Å²) in [7, 11) is 0. The number of hydrogen-bond donors (Lipinski definition) is 2. The fraction of sp³-hybridized carbons (Fsp3) is 0.267. The Morgan fingerprint density at radius 1 is 1.24 bits per heavy atom. The average Bonchev–Trinajstić information content (AvgIpc) is 2.49. The molecule has 1 heterocycles. The molecule has 0 aliphatic heterocycles. The van der Waals surface area contributed by atoms with Gasteiger partial charge in [0.2, 0.25) is 0 Å². The first-order valence-electron chi connectivity index (χ1n) is 6.79. The molecule has 0 saturated carbocycles. The van der Waals surface area contributed by atoms with Gasteiger partial charge in [-0.1, -0.05) is 25.5 Å². The molecule has 21 heavy (non-hydrogen) atoms. The molecule has 0 unspecified atom stereocenters. The Bertz CT molecular complexity index is 629. The number of aromatic amines is 1. The molecule has 6 heteroatoms. The Balaban J connectivity index is 1.97. The van der Waals surface area contributed by atoms with Gasteiger partial charge in [-0.05, 0) is 24.6 Å². The maximum atomic E-state index is 11.5. The number of nitrogens with zero attached hydrogens (tertiary/aromatic N) is 1. The number of rotatable bonds is 5. The highest BCUT2D eigenvalue weighted by atomic mass is 16.5. The number of carbonyl (C=O) groups is 1. The molecule has 1 amide bonds. The first-order valence-corrected chi connectivity index (χ1v) is 6.79. The molecule has 6 nitrogen and oxygen atoms in total. The fourth-order valence-electron chi connectivity index (χ4n) is 1.69. The summed E-state index contributed by atoms with van der Waals surface area (Å²) in [4.78, 5) is 22.5. The summed E-state index contributed by atoms with van der Waals surface area (Å²) in [6, 6.07) is 10.2. The van der Waals surface area contributed by atoms with Gasteiger partial charge < -0.3 is 4.74 Å². The zero-order chi connectivity index (χ0) is 15.1. The number of carbonyl (C=O) groups excluding carboxylic acids is 1. The number of anilines is 1. The number of hydrogen-bond acceptors (Lipinski definition) is 4. The van der Waals surface area contributed by atoms with Gasteiger partial charge in [0.25, 0.3) is 5.56 Å². The van der Waals surface area contributed by atoms with Gasteiger partial charge in [0.15, 0.2) is 0 Å². The van der Waals surface area contributed by atoms with Crippen LogP contribution >= 0.6 is 0 Å². The lowest BCUT2D eigenvalue weighted by molar-refractivity contribution is 0.160. The molecule has 1 aromatic carbocycles. The molecule has 0 fully saturated rings. The van der Waals surface area contributed by atoms with Crippen molar-refractivity contribution in [1.82, 2.24) is 10.2 Å². The van der Waals surface area contributed by atoms with Gasteiger partial charge in [0.1, 0.15) is 0 Å². The quantitative estimate of drug-likeness (QED) is 0.828. The minimum absolute atomic E-state index is 0.244. The molecule has 2 aromatic rings. The molecule has 0 aliphatic carbocycles. The zero-order valence-electron chi connectivity index (χ0n) is 11.8. The van der Waals surface area contributed by atoms with E-state index in [0.717, 1.165) is 18.4 Å². The predicted molar refractivity (Wildman–Crippen MR) is 80.2 cm³/mol. The van der Waals surface area contributed by atoms with Crippen molar-refractivity contribution < 1.29 is 9.53 Å². The summed E-state index contributed by atoms with van der Waals surface area (Å²) in [5, 5.41) is 8.97. The Kier molecular flexibility index (Phi) is 5.09. The number of unbranched alkanes of at least 4 members (excludes halogenated alkanes) is 1. The van der Waals surface area contributed by atoms with Crippen LogP contribution in [0.25, 0.3) is 11.3 Å². The van der Waals surface area contributed by atoms with E-state index in [9.17, 15) is 9.59 Å². The summed E-state index contributed by atoms with van der Waals surface area (Å²) in [6.45, 7) is 2.45. The predicted octanol–water partition coefficient (Wildman–Crippen LogP) is 2.79. The van der Waals surface area contributed by atoms with Gasteiger partial charge in [0, 0.05) is 17.3 Å². The van der Waals surface area contributed by atoms with Crippen molar-refractivity contribution in [3.8, 4) is 11.3 Å². The lowest BCUT2D eigenvalue weighted by Crippen LogP contribution is -2.14. The molecule has 0 saturated heterocycles. The number of H-pyrrole nitrogens is 1. The van der Waals surface area contributed by atoms with E-state index >= 15 is 0 Å². The normalized spacial score (nSPS) is 10.1. The number of ether oxygens (including phenoxy) is 1. The second-order valence-electron chi connectivity index (χ2n) is 4.50. The van der Waals surface area contributed by atoms with Crippen molar-refractivity contribution in [2.75, 3.05) is 11.9 Å². The molecular weight excluding hydrogens is 270 g/mol. The summed E-state index contributed by atoms with van der Waals surface area (Å²) < 4.78 is 5.01. The fourth-order valence-corrected chi connectivity index (χ4v) is 1.69. The van der Waals surface area contributed by atoms with E-state index < -0.39 is 6.09 Å². The van der Waals surface area contributed by atoms with Crippen LogP contribution in [0.15, 0.2) is 41.2 Å². The van der Waals surface area contributed by atoms with Crippen molar-refractivity contribution >= 4 is 11.8 Å². The summed E-state index contributed by atoms with van der Waals surface area (Å²) in [5.41, 5.74) is 1.90. The van der Waals surface area contributed by atoms with E-state index in [0.29, 0.717) is 18.0 Å². The Morgan fingerprint density at radius 2 is 2.00 bits per heavy atom. The minimum Gasteiger partial charge on any atom is -0.449 e. The summed E-state index contributed by atoms with van der Waals surface area (Å²) in [6.07, 6.45) is 1.37. The molecule has 2 rings (SSSR count). The van der Waals surface area contributed by atoms with Crippen LogP contribution in [0.3, 0.4) is 0 Å². The van der Waals surface area contributed by atoms with Gasteiger partial charge in [0.05, 0.1) is 12.3 Å². The van der Waals surface area contributed by atoms with E-state index in [1.807, 2.05) is 19.1 Å². The van der Waals surface area contributed by atoms with E-state index in [2.05, 4.69) is 15.5 Å². The van der Waals surface area contributed by atoms with E-state index in [-0.39, 0.29) is 5.56 Å². The van der Waals surface area contributed by atoms with E-state index in [1.54, 1.807) is 18.2 Å². The second kappa shape index (κ2) is 7.23. The van der Waals surface area contributed by atoms with Gasteiger partial charge in [-0.2, -0.15) is 5.10 Å². The maximum absolute atomic E-state index is 11.5. The van der Waals surface area contributed by atoms with E-state index in [4.69, 9.17) is 4.74 Å². The zero-order valence-corrected chi connectivity index (χ0v) is 11.8. The van der Waals surface area contributed by atoms with Crippen LogP contribution in [0.1, 0.15) is 19.8 Å². The van der Waals surface area contributed by atoms with Gasteiger partial charge in [-0.25, -0.2) is 9.89 Å². The largest absolute Gasteiger partial charge is 0.449 e. The van der Waals surface area contributed by atoms with Crippen LogP contribution in [0.2, 0.25) is 0 Å². The molecule has 1 aromatic heterocycles. The van der Waals surface area contributed by atoms with Crippen molar-refractivity contribution in [3.05, 3.63) is 46.8 Å². The Morgan fingerprint density at radius 3 is 2.62 bits per heavy atom. The molecule has 0 aliphatic rings. The van der Waals surface area contributed by atoms with Crippen molar-refractivity contribution in [2.45, 2.75) is 19.8 Å². The highest BCUT2D eigenvalue weighted by Crippen LogP contribution is 2.18. The third-order valence-corrected chi connectivity index (χ3v) is 2.84. The number of amides is 1. The number of aromatic nitrogens is 2. The van der Waals surface area contributed by atoms with Gasteiger partial charge in [-0.15, -0.1) is 0 Å². The average molecular weight is 287 g/mol. The molecule has 0 radical (unpaired) electrons. The minimum atomic E-state index is -0.460. The van der Waals surface area contributed by atoms with Crippen LogP contribution in [0.5, 0.6) is 0 Å². The third-order valence-electron chi connectivity index (χ3n) is 2.84. The topological polar surface area (TPSA) is 84.1 Å². The van der Waals surface area contributed by atoms with E-state index in [1.165, 1.54) is 6.07 Å². The van der Waals surface area contributed by atoms with Crippen molar-refractivity contribution in [1.29, 1.82) is 0 Å². The van der Waals surface area contributed by atoms with Crippen molar-refractivity contribution in [2.24, 2.45) is 0 Å². The molecule has 110 valence electrons. The molecule has 0 spiro atoms. The lowest BCUT2D eigenvalue weighted by atomic mass is 10.1. The standard InChI is InChI=1S/C15H17N3O3/c1-2-3-10-21-15(20)16-12-6-4-11(5-7-12)13-8-9-14(19)18-17-13/h4-9H,2-3,10H2,1H3,(H,16,20)(H,18,19). The SMILES string of the molecule is CCCCOC(=O)Nc1ccc(-c2ccc(=O)[nH]n2)cc1. The van der Waals surface area contributed by atoms with Crippen LogP contribution in [-0.2, 0) is 4.74 Å². The summed E-state index contributed by atoms with van der Waals surface area (Å²) in [5.74, 6) is 0. The molecule has 0 bridgehead atoms. The summed E-state index contributed by atoms with van der Waals surface area (Å²) >= 11 is 0. The Labute approximate surface area is 122 Å². The first kappa shape index (κ1) is 14.8. The first-order chi connectivity index (χ1) is 10.2. The van der Waals surface area contributed by atoms with Gasteiger partial charge >= 0.3 is 6.09 Å². The van der Waals surface area contributed by atoms with Crippen LogP contribution < -0.4 is 10.9 Å². The molecular formula is C15H17N3O3. The van der Waals surface area contributed by atoms with Crippen LogP contribution in [-0.4, -0.2) is 22.9 Å². The lowest BCUT2D eigenvalue weighted by Gasteiger charge is -2.07. The molecule has 0 atom stereocenters. The monoisotopic (exact) mass is 287 g/mol. The smallest absolute Gasteiger partial charge is 0.411 e. The maximum Gasteiger partial charge on any atom is 0.411 e. The van der Waals surface area contributed by atoms with Crippen LogP contribution in [0.4, 0.5) is 10.5 Å². The highest BCUT2D eigenvalue weighted by Gasteiger charge is 2.04. The number of benzene rings is 1. The Hall–Kier alpha value is -2.63.